The number of aryl methyl sites for hydroxylation is 1. The Labute approximate surface area is 109 Å². The van der Waals surface area contributed by atoms with Crippen molar-refractivity contribution in [2.24, 2.45) is 5.73 Å². The summed E-state index contributed by atoms with van der Waals surface area (Å²) in [6.45, 7) is 0. The summed E-state index contributed by atoms with van der Waals surface area (Å²) in [6.07, 6.45) is 10.0. The summed E-state index contributed by atoms with van der Waals surface area (Å²) in [6, 6.07) is 0.242. The fraction of sp³-hybridized carbons (Fsp3) is 0.308. The summed E-state index contributed by atoms with van der Waals surface area (Å²) in [5.74, 6) is 0.863. The highest BCUT2D eigenvalue weighted by molar-refractivity contribution is 5.75. The van der Waals surface area contributed by atoms with Gasteiger partial charge in [0.2, 0.25) is 0 Å². The van der Waals surface area contributed by atoms with Gasteiger partial charge in [-0.25, -0.2) is 9.50 Å². The number of rotatable bonds is 1. The van der Waals surface area contributed by atoms with Crippen LogP contribution in [0.25, 0.3) is 16.9 Å². The van der Waals surface area contributed by atoms with Gasteiger partial charge in [0.05, 0.1) is 29.2 Å². The van der Waals surface area contributed by atoms with E-state index in [1.165, 1.54) is 0 Å². The van der Waals surface area contributed by atoms with E-state index in [1.807, 2.05) is 12.4 Å². The monoisotopic (exact) mass is 254 g/mol. The topological polar surface area (TPSA) is 84.9 Å². The molecule has 0 bridgehead atoms. The van der Waals surface area contributed by atoms with E-state index in [1.54, 1.807) is 16.9 Å². The first-order valence-electron chi connectivity index (χ1n) is 6.42. The summed E-state index contributed by atoms with van der Waals surface area (Å²) in [5, 5.41) is 4.31. The third-order valence-corrected chi connectivity index (χ3v) is 3.66. The van der Waals surface area contributed by atoms with Gasteiger partial charge < -0.3 is 10.7 Å². The zero-order valence-electron chi connectivity index (χ0n) is 10.4. The van der Waals surface area contributed by atoms with Gasteiger partial charge >= 0.3 is 0 Å². The first kappa shape index (κ1) is 10.7. The predicted octanol–water partition coefficient (Wildman–Crippen LogP) is 0.935. The summed E-state index contributed by atoms with van der Waals surface area (Å²) in [7, 11) is 0. The third-order valence-electron chi connectivity index (χ3n) is 3.66. The lowest BCUT2D eigenvalue weighted by atomic mass is 9.97. The zero-order valence-corrected chi connectivity index (χ0v) is 10.4. The SMILES string of the molecule is NC1CCc2nc(-c3cnn4ccncc34)[nH]c2C1. The van der Waals surface area contributed by atoms with Gasteiger partial charge in [0.1, 0.15) is 5.82 Å². The Hall–Kier alpha value is -2.21. The van der Waals surface area contributed by atoms with Crippen LogP contribution in [0.4, 0.5) is 0 Å². The molecule has 0 saturated carbocycles. The Morgan fingerprint density at radius 3 is 3.26 bits per heavy atom. The number of hydrogen-bond acceptors (Lipinski definition) is 4. The van der Waals surface area contributed by atoms with Crippen molar-refractivity contribution in [3.63, 3.8) is 0 Å². The molecule has 0 saturated heterocycles. The van der Waals surface area contributed by atoms with Crippen LogP contribution >= 0.6 is 0 Å². The Balaban J connectivity index is 1.84. The molecule has 0 amide bonds. The Morgan fingerprint density at radius 1 is 1.37 bits per heavy atom. The van der Waals surface area contributed by atoms with Gasteiger partial charge in [0, 0.05) is 30.6 Å². The van der Waals surface area contributed by atoms with E-state index in [2.05, 4.69) is 20.1 Å². The molecule has 0 fully saturated rings. The van der Waals surface area contributed by atoms with Gasteiger partial charge in [-0.15, -0.1) is 0 Å². The maximum absolute atomic E-state index is 5.99. The molecule has 1 aliphatic rings. The molecule has 1 unspecified atom stereocenters. The number of nitrogens with two attached hydrogens (primary N) is 1. The van der Waals surface area contributed by atoms with Gasteiger partial charge in [-0.3, -0.25) is 4.98 Å². The van der Waals surface area contributed by atoms with Crippen LogP contribution in [-0.4, -0.2) is 30.6 Å². The van der Waals surface area contributed by atoms with Crippen molar-refractivity contribution in [1.29, 1.82) is 0 Å². The Kier molecular flexibility index (Phi) is 2.19. The molecule has 0 aliphatic heterocycles. The average Bonchev–Trinajstić information content (AvgIpc) is 3.00. The normalized spacial score (nSPS) is 18.7. The molecule has 6 heteroatoms. The smallest absolute Gasteiger partial charge is 0.141 e. The molecule has 3 N–H and O–H groups in total. The number of nitrogens with zero attached hydrogens (tertiary/aromatic N) is 4. The number of aromatic nitrogens is 5. The molecule has 3 aromatic rings. The summed E-state index contributed by atoms with van der Waals surface area (Å²) in [5.41, 5.74) is 10.2. The second-order valence-electron chi connectivity index (χ2n) is 4.98. The van der Waals surface area contributed by atoms with Crippen LogP contribution in [0.1, 0.15) is 17.8 Å². The lowest BCUT2D eigenvalue weighted by Crippen LogP contribution is -2.27. The summed E-state index contributed by atoms with van der Waals surface area (Å²) < 4.78 is 1.80. The first-order chi connectivity index (χ1) is 9.31. The molecular formula is C13H14N6. The number of imidazole rings is 1. The highest BCUT2D eigenvalue weighted by atomic mass is 15.2. The lowest BCUT2D eigenvalue weighted by molar-refractivity contribution is 0.565. The molecule has 0 aromatic carbocycles. The van der Waals surface area contributed by atoms with Crippen LogP contribution in [0, 0.1) is 0 Å². The Morgan fingerprint density at radius 2 is 2.32 bits per heavy atom. The number of H-pyrrole nitrogens is 1. The molecule has 96 valence electrons. The van der Waals surface area contributed by atoms with Crippen LogP contribution in [0.15, 0.2) is 24.8 Å². The quantitative estimate of drug-likeness (QED) is 0.676. The van der Waals surface area contributed by atoms with E-state index < -0.39 is 0 Å². The van der Waals surface area contributed by atoms with E-state index in [0.29, 0.717) is 0 Å². The van der Waals surface area contributed by atoms with Crippen LogP contribution < -0.4 is 5.73 Å². The van der Waals surface area contributed by atoms with Gasteiger partial charge in [-0.2, -0.15) is 5.10 Å². The number of aromatic amines is 1. The van der Waals surface area contributed by atoms with Crippen LogP contribution in [0.2, 0.25) is 0 Å². The van der Waals surface area contributed by atoms with E-state index >= 15 is 0 Å². The summed E-state index contributed by atoms with van der Waals surface area (Å²) in [4.78, 5) is 12.2. The number of fused-ring (bicyclic) bond motifs is 2. The number of nitrogens with one attached hydrogen (secondary N) is 1. The van der Waals surface area contributed by atoms with Crippen molar-refractivity contribution in [3.05, 3.63) is 36.2 Å². The standard InChI is InChI=1S/C13H14N6/c14-8-1-2-10-11(5-8)18-13(17-10)9-6-16-19-4-3-15-7-12(9)19/h3-4,6-8H,1-2,5,14H2,(H,17,18). The zero-order chi connectivity index (χ0) is 12.8. The highest BCUT2D eigenvalue weighted by Crippen LogP contribution is 2.26. The van der Waals surface area contributed by atoms with Crippen LogP contribution in [0.5, 0.6) is 0 Å². The molecular weight excluding hydrogens is 240 g/mol. The van der Waals surface area contributed by atoms with Crippen molar-refractivity contribution in [1.82, 2.24) is 24.6 Å². The van der Waals surface area contributed by atoms with Crippen molar-refractivity contribution in [3.8, 4) is 11.4 Å². The summed E-state index contributed by atoms with van der Waals surface area (Å²) >= 11 is 0. The minimum absolute atomic E-state index is 0.242. The van der Waals surface area contributed by atoms with Crippen LogP contribution in [-0.2, 0) is 12.8 Å². The molecule has 4 rings (SSSR count). The largest absolute Gasteiger partial charge is 0.341 e. The molecule has 0 spiro atoms. The third kappa shape index (κ3) is 1.64. The fourth-order valence-corrected chi connectivity index (χ4v) is 2.65. The predicted molar refractivity (Wildman–Crippen MR) is 70.6 cm³/mol. The van der Waals surface area contributed by atoms with E-state index in [-0.39, 0.29) is 6.04 Å². The molecule has 1 atom stereocenters. The molecule has 0 radical (unpaired) electrons. The molecule has 6 nitrogen and oxygen atoms in total. The van der Waals surface area contributed by atoms with E-state index in [4.69, 9.17) is 5.73 Å². The van der Waals surface area contributed by atoms with Crippen LogP contribution in [0.3, 0.4) is 0 Å². The van der Waals surface area contributed by atoms with Crippen molar-refractivity contribution in [2.75, 3.05) is 0 Å². The van der Waals surface area contributed by atoms with Gasteiger partial charge in [-0.1, -0.05) is 0 Å². The first-order valence-corrected chi connectivity index (χ1v) is 6.42. The fourth-order valence-electron chi connectivity index (χ4n) is 2.65. The van der Waals surface area contributed by atoms with Gasteiger partial charge in [0.15, 0.2) is 0 Å². The lowest BCUT2D eigenvalue weighted by Gasteiger charge is -2.15. The van der Waals surface area contributed by atoms with E-state index in [0.717, 1.165) is 47.6 Å². The van der Waals surface area contributed by atoms with Gasteiger partial charge in [0.25, 0.3) is 0 Å². The maximum Gasteiger partial charge on any atom is 0.141 e. The minimum Gasteiger partial charge on any atom is -0.341 e. The van der Waals surface area contributed by atoms with Crippen molar-refractivity contribution in [2.45, 2.75) is 25.3 Å². The van der Waals surface area contributed by atoms with Crippen molar-refractivity contribution >= 4 is 5.52 Å². The average molecular weight is 254 g/mol. The second-order valence-corrected chi connectivity index (χ2v) is 4.98. The van der Waals surface area contributed by atoms with E-state index in [9.17, 15) is 0 Å². The molecule has 3 aromatic heterocycles. The highest BCUT2D eigenvalue weighted by Gasteiger charge is 2.21. The van der Waals surface area contributed by atoms with Crippen molar-refractivity contribution < 1.29 is 0 Å². The molecule has 19 heavy (non-hydrogen) atoms. The molecule has 3 heterocycles. The maximum atomic E-state index is 5.99. The minimum atomic E-state index is 0.242. The number of hydrogen-bond donors (Lipinski definition) is 2. The Bertz CT molecular complexity index is 741. The van der Waals surface area contributed by atoms with Gasteiger partial charge in [-0.05, 0) is 12.8 Å². The second kappa shape index (κ2) is 3.89. The molecule has 1 aliphatic carbocycles.